The highest BCUT2D eigenvalue weighted by Crippen LogP contribution is 2.31. The van der Waals surface area contributed by atoms with E-state index in [0.29, 0.717) is 0 Å². The molecule has 4 heteroatoms. The predicted molar refractivity (Wildman–Crippen MR) is 120 cm³/mol. The Morgan fingerprint density at radius 2 is 1.63 bits per heavy atom. The van der Waals surface area contributed by atoms with Gasteiger partial charge in [0.1, 0.15) is 5.75 Å². The van der Waals surface area contributed by atoms with Crippen LogP contribution < -0.4 is 4.74 Å². The molecule has 30 heavy (non-hydrogen) atoms. The number of rotatable bonds is 3. The molecule has 0 bridgehead atoms. The molecule has 0 unspecified atom stereocenters. The van der Waals surface area contributed by atoms with E-state index in [2.05, 4.69) is 35.3 Å². The second kappa shape index (κ2) is 7.71. The maximum Gasteiger partial charge on any atom is 0.253 e. The molecule has 0 saturated heterocycles. The van der Waals surface area contributed by atoms with Gasteiger partial charge in [-0.15, -0.1) is 0 Å². The Morgan fingerprint density at radius 3 is 2.40 bits per heavy atom. The Kier molecular flexibility index (Phi) is 4.75. The zero-order valence-electron chi connectivity index (χ0n) is 17.0. The lowest BCUT2D eigenvalue weighted by molar-refractivity contribution is 0.0763. The van der Waals surface area contributed by atoms with Crippen molar-refractivity contribution >= 4 is 16.8 Å². The molecular formula is C26H24N2O2. The van der Waals surface area contributed by atoms with Gasteiger partial charge in [0.15, 0.2) is 0 Å². The fourth-order valence-corrected chi connectivity index (χ4v) is 4.34. The Morgan fingerprint density at radius 1 is 0.900 bits per heavy atom. The van der Waals surface area contributed by atoms with Gasteiger partial charge in [0.05, 0.1) is 7.11 Å². The van der Waals surface area contributed by atoms with Crippen LogP contribution in [0.3, 0.4) is 0 Å². The highest BCUT2D eigenvalue weighted by atomic mass is 16.5. The molecule has 1 N–H and O–H groups in total. The van der Waals surface area contributed by atoms with Gasteiger partial charge in [-0.3, -0.25) is 4.79 Å². The van der Waals surface area contributed by atoms with Gasteiger partial charge in [-0.05, 0) is 59.5 Å². The molecule has 0 radical (unpaired) electrons. The van der Waals surface area contributed by atoms with Gasteiger partial charge in [-0.1, -0.05) is 36.4 Å². The molecule has 1 aliphatic rings. The van der Waals surface area contributed by atoms with Crippen LogP contribution in [-0.2, 0) is 12.8 Å². The van der Waals surface area contributed by atoms with Crippen molar-refractivity contribution in [2.45, 2.75) is 12.8 Å². The number of fused-ring (bicyclic) bond motifs is 3. The summed E-state index contributed by atoms with van der Waals surface area (Å²) in [4.78, 5) is 18.5. The predicted octanol–water partition coefficient (Wildman–Crippen LogP) is 5.08. The highest BCUT2D eigenvalue weighted by molar-refractivity contribution is 5.94. The largest absolute Gasteiger partial charge is 0.497 e. The number of aromatic amines is 1. The van der Waals surface area contributed by atoms with Crippen LogP contribution in [0.1, 0.15) is 21.6 Å². The fourth-order valence-electron chi connectivity index (χ4n) is 4.34. The van der Waals surface area contributed by atoms with Crippen molar-refractivity contribution in [3.63, 3.8) is 0 Å². The van der Waals surface area contributed by atoms with Crippen molar-refractivity contribution in [1.82, 2.24) is 9.88 Å². The standard InChI is InChI=1S/C26H24N2O2/c1-30-21-10-7-18(8-11-21)20-9-12-24-23(17-20)22-13-15-28(16-14-25(22)27-24)26(29)19-5-3-2-4-6-19/h2-12,17,27H,13-16H2,1H3. The first kappa shape index (κ1) is 18.5. The molecule has 5 rings (SSSR count). The lowest BCUT2D eigenvalue weighted by Gasteiger charge is -2.20. The number of H-pyrrole nitrogens is 1. The molecule has 150 valence electrons. The molecule has 1 aromatic heterocycles. The van der Waals surface area contributed by atoms with E-state index in [1.807, 2.05) is 47.4 Å². The lowest BCUT2D eigenvalue weighted by Crippen LogP contribution is -2.33. The second-order valence-corrected chi connectivity index (χ2v) is 7.73. The molecule has 4 nitrogen and oxygen atoms in total. The van der Waals surface area contributed by atoms with Crippen LogP contribution in [0.2, 0.25) is 0 Å². The van der Waals surface area contributed by atoms with Crippen molar-refractivity contribution in [3.05, 3.63) is 89.6 Å². The molecular weight excluding hydrogens is 372 g/mol. The molecule has 0 saturated carbocycles. The zero-order chi connectivity index (χ0) is 20.5. The average molecular weight is 396 g/mol. The summed E-state index contributed by atoms with van der Waals surface area (Å²) < 4.78 is 5.28. The van der Waals surface area contributed by atoms with E-state index in [1.54, 1.807) is 7.11 Å². The summed E-state index contributed by atoms with van der Waals surface area (Å²) in [6.07, 6.45) is 1.71. The third-order valence-electron chi connectivity index (χ3n) is 5.99. The van der Waals surface area contributed by atoms with Gasteiger partial charge in [-0.25, -0.2) is 0 Å². The first-order chi connectivity index (χ1) is 14.7. The quantitative estimate of drug-likeness (QED) is 0.525. The van der Waals surface area contributed by atoms with E-state index in [0.717, 1.165) is 37.2 Å². The van der Waals surface area contributed by atoms with Gasteiger partial charge in [0.25, 0.3) is 5.91 Å². The molecule has 0 atom stereocenters. The number of aromatic nitrogens is 1. The minimum absolute atomic E-state index is 0.115. The van der Waals surface area contributed by atoms with Crippen molar-refractivity contribution in [2.24, 2.45) is 0 Å². The van der Waals surface area contributed by atoms with Crippen molar-refractivity contribution < 1.29 is 9.53 Å². The number of amides is 1. The van der Waals surface area contributed by atoms with Crippen LogP contribution in [-0.4, -0.2) is 36.0 Å². The molecule has 0 aliphatic carbocycles. The molecule has 0 spiro atoms. The summed E-state index contributed by atoms with van der Waals surface area (Å²) in [6, 6.07) is 24.3. The number of methoxy groups -OCH3 is 1. The number of carbonyl (C=O) groups excluding carboxylic acids is 1. The lowest BCUT2D eigenvalue weighted by atomic mass is 10.0. The summed E-state index contributed by atoms with van der Waals surface area (Å²) in [5.41, 5.74) is 6.87. The van der Waals surface area contributed by atoms with E-state index in [9.17, 15) is 4.79 Å². The third kappa shape index (κ3) is 3.35. The van der Waals surface area contributed by atoms with E-state index in [1.165, 1.54) is 33.3 Å². The Hall–Kier alpha value is -3.53. The average Bonchev–Trinajstić information content (AvgIpc) is 3.02. The van der Waals surface area contributed by atoms with Gasteiger partial charge in [-0.2, -0.15) is 0 Å². The summed E-state index contributed by atoms with van der Waals surface area (Å²) in [6.45, 7) is 1.47. The number of hydrogen-bond donors (Lipinski definition) is 1. The van der Waals surface area contributed by atoms with Crippen LogP contribution in [0, 0.1) is 0 Å². The van der Waals surface area contributed by atoms with Gasteiger partial charge in [0, 0.05) is 41.7 Å². The van der Waals surface area contributed by atoms with E-state index < -0.39 is 0 Å². The summed E-state index contributed by atoms with van der Waals surface area (Å²) in [7, 11) is 1.68. The third-order valence-corrected chi connectivity index (χ3v) is 5.99. The van der Waals surface area contributed by atoms with Crippen LogP contribution in [0.4, 0.5) is 0 Å². The zero-order valence-corrected chi connectivity index (χ0v) is 17.0. The number of nitrogens with zero attached hydrogens (tertiary/aromatic N) is 1. The number of carbonyl (C=O) groups is 1. The van der Waals surface area contributed by atoms with E-state index in [4.69, 9.17) is 4.74 Å². The Labute approximate surface area is 176 Å². The van der Waals surface area contributed by atoms with Crippen molar-refractivity contribution in [1.29, 1.82) is 0 Å². The fraction of sp³-hybridized carbons (Fsp3) is 0.192. The molecule has 4 aromatic rings. The smallest absolute Gasteiger partial charge is 0.253 e. The number of benzene rings is 3. The minimum Gasteiger partial charge on any atom is -0.497 e. The molecule has 0 fully saturated rings. The summed E-state index contributed by atoms with van der Waals surface area (Å²) in [5, 5.41) is 1.26. The molecule has 3 aromatic carbocycles. The van der Waals surface area contributed by atoms with Gasteiger partial charge >= 0.3 is 0 Å². The Balaban J connectivity index is 1.43. The van der Waals surface area contributed by atoms with Crippen LogP contribution in [0.15, 0.2) is 72.8 Å². The molecule has 1 aliphatic heterocycles. The highest BCUT2D eigenvalue weighted by Gasteiger charge is 2.22. The van der Waals surface area contributed by atoms with Crippen LogP contribution >= 0.6 is 0 Å². The summed E-state index contributed by atoms with van der Waals surface area (Å²) in [5.74, 6) is 0.975. The van der Waals surface area contributed by atoms with Gasteiger partial charge in [0.2, 0.25) is 0 Å². The maximum absolute atomic E-state index is 12.9. The first-order valence-electron chi connectivity index (χ1n) is 10.3. The maximum atomic E-state index is 12.9. The van der Waals surface area contributed by atoms with Crippen LogP contribution in [0.5, 0.6) is 5.75 Å². The van der Waals surface area contributed by atoms with E-state index >= 15 is 0 Å². The number of hydrogen-bond acceptors (Lipinski definition) is 2. The van der Waals surface area contributed by atoms with E-state index in [-0.39, 0.29) is 5.91 Å². The number of ether oxygens (including phenoxy) is 1. The second-order valence-electron chi connectivity index (χ2n) is 7.73. The van der Waals surface area contributed by atoms with Crippen LogP contribution in [0.25, 0.3) is 22.0 Å². The molecule has 2 heterocycles. The van der Waals surface area contributed by atoms with Gasteiger partial charge < -0.3 is 14.6 Å². The monoisotopic (exact) mass is 396 g/mol. The molecule has 1 amide bonds. The van der Waals surface area contributed by atoms with Crippen molar-refractivity contribution in [3.8, 4) is 16.9 Å². The minimum atomic E-state index is 0.115. The topological polar surface area (TPSA) is 45.3 Å². The first-order valence-corrected chi connectivity index (χ1v) is 10.3. The SMILES string of the molecule is COc1ccc(-c2ccc3[nH]c4c(c3c2)CCN(C(=O)c2ccccc2)CC4)cc1. The summed E-state index contributed by atoms with van der Waals surface area (Å²) >= 11 is 0. The number of nitrogens with one attached hydrogen (secondary N) is 1. The Bertz CT molecular complexity index is 1190. The normalized spacial score (nSPS) is 13.7. The van der Waals surface area contributed by atoms with Crippen molar-refractivity contribution in [2.75, 3.05) is 20.2 Å².